The van der Waals surface area contributed by atoms with E-state index < -0.39 is 0 Å². The molecule has 6 heteroatoms. The molecule has 120 valence electrons. The van der Waals surface area contributed by atoms with Crippen molar-refractivity contribution in [2.24, 2.45) is 0 Å². The van der Waals surface area contributed by atoms with Crippen molar-refractivity contribution in [1.29, 1.82) is 0 Å². The first-order chi connectivity index (χ1) is 12.3. The smallest absolute Gasteiger partial charge is 0.220 e. The van der Waals surface area contributed by atoms with E-state index in [1.807, 2.05) is 42.5 Å². The molecule has 6 nitrogen and oxygen atoms in total. The molecule has 3 aromatic heterocycles. The number of phenolic OH excluding ortho intramolecular Hbond substituents is 1. The normalized spacial score (nSPS) is 11.4. The lowest BCUT2D eigenvalue weighted by Crippen LogP contribution is -1.99. The highest BCUT2D eigenvalue weighted by Crippen LogP contribution is 2.31. The maximum atomic E-state index is 9.57. The number of hydrogen-bond donors (Lipinski definition) is 1. The van der Waals surface area contributed by atoms with E-state index in [1.54, 1.807) is 29.0 Å². The number of rotatable bonds is 2. The van der Waals surface area contributed by atoms with Gasteiger partial charge in [-0.2, -0.15) is 9.61 Å². The molecule has 0 radical (unpaired) electrons. The monoisotopic (exact) mass is 328 g/mol. The van der Waals surface area contributed by atoms with Gasteiger partial charge in [-0.15, -0.1) is 10.2 Å². The Labute approximate surface area is 142 Å². The number of benzene rings is 2. The fourth-order valence-corrected chi connectivity index (χ4v) is 2.97. The molecule has 0 aliphatic rings. The van der Waals surface area contributed by atoms with E-state index in [1.165, 1.54) is 0 Å². The van der Waals surface area contributed by atoms with Crippen LogP contribution >= 0.6 is 0 Å². The van der Waals surface area contributed by atoms with Gasteiger partial charge in [0.25, 0.3) is 0 Å². The SMILES string of the molecule is Oc1ccc(-c2nn3c(-c4ccco4)nnc3c3ccccc23)cc1. The summed E-state index contributed by atoms with van der Waals surface area (Å²) in [5.74, 6) is 1.37. The molecule has 3 heterocycles. The fourth-order valence-electron chi connectivity index (χ4n) is 2.97. The van der Waals surface area contributed by atoms with Crippen LogP contribution in [0, 0.1) is 0 Å². The van der Waals surface area contributed by atoms with Crippen LogP contribution in [0.3, 0.4) is 0 Å². The zero-order valence-corrected chi connectivity index (χ0v) is 13.0. The van der Waals surface area contributed by atoms with E-state index in [0.717, 1.165) is 22.0 Å². The van der Waals surface area contributed by atoms with Crippen LogP contribution in [0.25, 0.3) is 39.3 Å². The lowest BCUT2D eigenvalue weighted by Gasteiger charge is -2.08. The third kappa shape index (κ3) is 2.08. The van der Waals surface area contributed by atoms with Gasteiger partial charge in [-0.25, -0.2) is 0 Å². The average molecular weight is 328 g/mol. The highest BCUT2D eigenvalue weighted by atomic mass is 16.3. The lowest BCUT2D eigenvalue weighted by atomic mass is 10.0. The molecule has 0 saturated carbocycles. The van der Waals surface area contributed by atoms with E-state index >= 15 is 0 Å². The van der Waals surface area contributed by atoms with E-state index in [4.69, 9.17) is 9.52 Å². The van der Waals surface area contributed by atoms with Crippen LogP contribution in [0.15, 0.2) is 71.3 Å². The molecular weight excluding hydrogens is 316 g/mol. The highest BCUT2D eigenvalue weighted by Gasteiger charge is 2.17. The standard InChI is InChI=1S/C19H12N4O2/c24-13-9-7-12(8-10-13)17-14-4-1-2-5-15(14)18-20-21-19(23(18)22-17)16-6-3-11-25-16/h1-11,24H. The molecule has 0 aliphatic heterocycles. The van der Waals surface area contributed by atoms with Gasteiger partial charge in [0, 0.05) is 16.3 Å². The van der Waals surface area contributed by atoms with Gasteiger partial charge in [-0.05, 0) is 36.4 Å². The molecule has 1 N–H and O–H groups in total. The van der Waals surface area contributed by atoms with Crippen LogP contribution in [0.2, 0.25) is 0 Å². The van der Waals surface area contributed by atoms with Crippen molar-refractivity contribution in [3.05, 3.63) is 66.9 Å². The van der Waals surface area contributed by atoms with E-state index in [-0.39, 0.29) is 5.75 Å². The second-order valence-electron chi connectivity index (χ2n) is 5.68. The Morgan fingerprint density at radius 2 is 1.64 bits per heavy atom. The minimum Gasteiger partial charge on any atom is -0.508 e. The largest absolute Gasteiger partial charge is 0.508 e. The van der Waals surface area contributed by atoms with Crippen molar-refractivity contribution < 1.29 is 9.52 Å². The molecule has 0 amide bonds. The maximum Gasteiger partial charge on any atom is 0.220 e. The van der Waals surface area contributed by atoms with Gasteiger partial charge in [0.1, 0.15) is 5.75 Å². The number of hydrogen-bond acceptors (Lipinski definition) is 5. The van der Waals surface area contributed by atoms with E-state index in [0.29, 0.717) is 17.2 Å². The molecule has 0 atom stereocenters. The third-order valence-corrected chi connectivity index (χ3v) is 4.15. The molecular formula is C19H12N4O2. The Bertz CT molecular complexity index is 1190. The molecule has 0 fully saturated rings. The van der Waals surface area contributed by atoms with Crippen molar-refractivity contribution in [2.45, 2.75) is 0 Å². The van der Waals surface area contributed by atoms with E-state index in [2.05, 4.69) is 10.2 Å². The first-order valence-corrected chi connectivity index (χ1v) is 7.79. The Hall–Kier alpha value is -3.67. The van der Waals surface area contributed by atoms with Gasteiger partial charge in [-0.3, -0.25) is 0 Å². The number of fused-ring (bicyclic) bond motifs is 3. The summed E-state index contributed by atoms with van der Waals surface area (Å²) in [6.45, 7) is 0. The maximum absolute atomic E-state index is 9.57. The minimum absolute atomic E-state index is 0.217. The minimum atomic E-state index is 0.217. The van der Waals surface area contributed by atoms with E-state index in [9.17, 15) is 5.11 Å². The second-order valence-corrected chi connectivity index (χ2v) is 5.68. The van der Waals surface area contributed by atoms with Crippen LogP contribution in [-0.2, 0) is 0 Å². The molecule has 25 heavy (non-hydrogen) atoms. The fraction of sp³-hybridized carbons (Fsp3) is 0. The Kier molecular flexibility index (Phi) is 2.84. The van der Waals surface area contributed by atoms with Gasteiger partial charge in [0.15, 0.2) is 11.4 Å². The summed E-state index contributed by atoms with van der Waals surface area (Å²) >= 11 is 0. The first kappa shape index (κ1) is 13.7. The number of furan rings is 1. The van der Waals surface area contributed by atoms with Gasteiger partial charge < -0.3 is 9.52 Å². The quantitative estimate of drug-likeness (QED) is 0.531. The highest BCUT2D eigenvalue weighted by molar-refractivity contribution is 6.01. The topological polar surface area (TPSA) is 76.5 Å². The van der Waals surface area contributed by atoms with Crippen LogP contribution < -0.4 is 0 Å². The number of aromatic nitrogens is 4. The summed E-state index contributed by atoms with van der Waals surface area (Å²) in [6, 6.07) is 18.5. The molecule has 0 bridgehead atoms. The predicted molar refractivity (Wildman–Crippen MR) is 93.1 cm³/mol. The first-order valence-electron chi connectivity index (χ1n) is 7.79. The third-order valence-electron chi connectivity index (χ3n) is 4.15. The van der Waals surface area contributed by atoms with Gasteiger partial charge >= 0.3 is 0 Å². The molecule has 5 rings (SSSR count). The zero-order chi connectivity index (χ0) is 16.8. The summed E-state index contributed by atoms with van der Waals surface area (Å²) in [7, 11) is 0. The van der Waals surface area contributed by atoms with Gasteiger partial charge in [0.05, 0.1) is 12.0 Å². The van der Waals surface area contributed by atoms with Crippen molar-refractivity contribution in [3.8, 4) is 28.6 Å². The van der Waals surface area contributed by atoms with Crippen LogP contribution in [-0.4, -0.2) is 24.9 Å². The van der Waals surface area contributed by atoms with Crippen LogP contribution in [0.1, 0.15) is 0 Å². The molecule has 2 aromatic carbocycles. The Balaban J connectivity index is 1.89. The van der Waals surface area contributed by atoms with Crippen LogP contribution in [0.5, 0.6) is 5.75 Å². The molecule has 0 unspecified atom stereocenters. The summed E-state index contributed by atoms with van der Waals surface area (Å²) in [6.07, 6.45) is 1.60. The summed E-state index contributed by atoms with van der Waals surface area (Å²) in [4.78, 5) is 0. The predicted octanol–water partition coefficient (Wildman–Crippen LogP) is 3.91. The van der Waals surface area contributed by atoms with Gasteiger partial charge in [0.2, 0.25) is 5.82 Å². The molecule has 0 spiro atoms. The zero-order valence-electron chi connectivity index (χ0n) is 13.0. The van der Waals surface area contributed by atoms with Gasteiger partial charge in [-0.1, -0.05) is 24.3 Å². The molecule has 5 aromatic rings. The van der Waals surface area contributed by atoms with Crippen molar-refractivity contribution in [1.82, 2.24) is 19.8 Å². The van der Waals surface area contributed by atoms with Crippen LogP contribution in [0.4, 0.5) is 0 Å². The summed E-state index contributed by atoms with van der Waals surface area (Å²) in [5.41, 5.74) is 2.36. The van der Waals surface area contributed by atoms with Crippen molar-refractivity contribution in [3.63, 3.8) is 0 Å². The van der Waals surface area contributed by atoms with Crippen molar-refractivity contribution >= 4 is 16.4 Å². The Morgan fingerprint density at radius 3 is 2.40 bits per heavy atom. The molecule has 0 aliphatic carbocycles. The number of aromatic hydroxyl groups is 1. The Morgan fingerprint density at radius 1 is 0.840 bits per heavy atom. The summed E-state index contributed by atoms with van der Waals surface area (Å²) < 4.78 is 7.16. The average Bonchev–Trinajstić information content (AvgIpc) is 3.31. The molecule has 0 saturated heterocycles. The summed E-state index contributed by atoms with van der Waals surface area (Å²) in [5, 5.41) is 24.8. The number of phenols is 1. The second kappa shape index (κ2) is 5.17. The number of nitrogens with zero attached hydrogens (tertiary/aromatic N) is 4. The van der Waals surface area contributed by atoms with Crippen molar-refractivity contribution in [2.75, 3.05) is 0 Å². The lowest BCUT2D eigenvalue weighted by molar-refractivity contribution is 0.475.